The van der Waals surface area contributed by atoms with Crippen molar-refractivity contribution < 1.29 is 4.79 Å². The van der Waals surface area contributed by atoms with Crippen molar-refractivity contribution in [2.75, 3.05) is 37.6 Å². The molecule has 0 aromatic heterocycles. The Morgan fingerprint density at radius 1 is 0.971 bits per heavy atom. The number of piperidine rings is 2. The lowest BCUT2D eigenvalue weighted by Crippen LogP contribution is -2.44. The highest BCUT2D eigenvalue weighted by atomic mass is 16.1. The maximum Gasteiger partial charge on any atom is 0.251 e. The van der Waals surface area contributed by atoms with E-state index in [-0.39, 0.29) is 5.91 Å². The first kappa shape index (κ1) is 26.5. The van der Waals surface area contributed by atoms with E-state index in [2.05, 4.69) is 48.0 Å². The highest BCUT2D eigenvalue weighted by Crippen LogP contribution is 2.41. The van der Waals surface area contributed by atoms with Gasteiger partial charge in [-0.3, -0.25) is 4.79 Å². The summed E-state index contributed by atoms with van der Waals surface area (Å²) in [6, 6.07) is 8.72. The van der Waals surface area contributed by atoms with Crippen LogP contribution in [0.25, 0.3) is 0 Å². The van der Waals surface area contributed by atoms with Crippen molar-refractivity contribution in [3.8, 4) is 0 Å². The van der Waals surface area contributed by atoms with Crippen LogP contribution in [0.15, 0.2) is 24.3 Å². The zero-order valence-corrected chi connectivity index (χ0v) is 22.9. The predicted octanol–water partition coefficient (Wildman–Crippen LogP) is 6.89. The van der Waals surface area contributed by atoms with Crippen molar-refractivity contribution in [2.24, 2.45) is 17.3 Å². The molecule has 1 aliphatic carbocycles. The van der Waals surface area contributed by atoms with Crippen molar-refractivity contribution in [1.29, 1.82) is 0 Å². The first-order valence-electron chi connectivity index (χ1n) is 14.9. The lowest BCUT2D eigenvalue weighted by molar-refractivity contribution is 0.0651. The number of hydrogen-bond acceptors (Lipinski definition) is 3. The molecular formula is C31H51N3O. The van der Waals surface area contributed by atoms with Gasteiger partial charge in [0.1, 0.15) is 0 Å². The van der Waals surface area contributed by atoms with Gasteiger partial charge in [0, 0.05) is 36.9 Å². The highest BCUT2D eigenvalue weighted by molar-refractivity contribution is 5.94. The summed E-state index contributed by atoms with van der Waals surface area (Å²) in [4.78, 5) is 17.9. The number of carbonyl (C=O) groups excluding carboxylic acids is 1. The van der Waals surface area contributed by atoms with Crippen LogP contribution in [0.3, 0.4) is 0 Å². The van der Waals surface area contributed by atoms with E-state index >= 15 is 0 Å². The van der Waals surface area contributed by atoms with Crippen LogP contribution in [0, 0.1) is 17.3 Å². The second-order valence-electron chi connectivity index (χ2n) is 12.2. The van der Waals surface area contributed by atoms with Crippen molar-refractivity contribution in [1.82, 2.24) is 10.2 Å². The molecule has 1 aromatic carbocycles. The summed E-state index contributed by atoms with van der Waals surface area (Å²) in [6.07, 6.45) is 15.5. The first-order valence-corrected chi connectivity index (χ1v) is 14.9. The molecule has 0 spiro atoms. The number of likely N-dealkylation sites (tertiary alicyclic amines) is 1. The van der Waals surface area contributed by atoms with Crippen LogP contribution < -0.4 is 10.2 Å². The molecule has 1 N–H and O–H groups in total. The minimum absolute atomic E-state index is 0.0972. The fourth-order valence-corrected chi connectivity index (χ4v) is 6.87. The van der Waals surface area contributed by atoms with Crippen LogP contribution in [0.2, 0.25) is 0 Å². The second-order valence-corrected chi connectivity index (χ2v) is 12.2. The Morgan fingerprint density at radius 2 is 1.63 bits per heavy atom. The third kappa shape index (κ3) is 7.24. The molecule has 2 saturated heterocycles. The van der Waals surface area contributed by atoms with Gasteiger partial charge >= 0.3 is 0 Å². The smallest absolute Gasteiger partial charge is 0.251 e. The molecule has 4 rings (SSSR count). The molecule has 35 heavy (non-hydrogen) atoms. The third-order valence-electron chi connectivity index (χ3n) is 9.71. The van der Waals surface area contributed by atoms with E-state index in [1.807, 2.05) is 12.1 Å². The van der Waals surface area contributed by atoms with Crippen molar-refractivity contribution in [2.45, 2.75) is 104 Å². The van der Waals surface area contributed by atoms with Gasteiger partial charge in [-0.1, -0.05) is 52.9 Å². The topological polar surface area (TPSA) is 35.6 Å². The number of rotatable bonds is 9. The Hall–Kier alpha value is -1.55. The first-order chi connectivity index (χ1) is 17.0. The Bertz CT molecular complexity index is 769. The Labute approximate surface area is 215 Å². The quantitative estimate of drug-likeness (QED) is 0.417. The SMILES string of the molecule is CCC(C)CC1(CC)CCN(CC2CCN(c3ccc(C(=O)NC4CCCCC4)cc3)CC2)CC1. The molecule has 0 radical (unpaired) electrons. The molecule has 3 aliphatic rings. The highest BCUT2D eigenvalue weighted by Gasteiger charge is 2.34. The molecule has 2 aliphatic heterocycles. The number of anilines is 1. The Balaban J connectivity index is 1.19. The zero-order valence-electron chi connectivity index (χ0n) is 22.9. The molecule has 1 saturated carbocycles. The van der Waals surface area contributed by atoms with Crippen molar-refractivity contribution >= 4 is 11.6 Å². The standard InChI is InChI=1S/C31H51N3O/c1-4-25(3)23-31(5-2)17-21-33(22-18-31)24-26-15-19-34(20-16-26)29-13-11-27(12-14-29)30(35)32-28-9-7-6-8-10-28/h11-14,25-26,28H,4-10,15-24H2,1-3H3,(H,32,35). The molecule has 2 heterocycles. The summed E-state index contributed by atoms with van der Waals surface area (Å²) in [5.41, 5.74) is 2.68. The van der Waals surface area contributed by atoms with Crippen LogP contribution >= 0.6 is 0 Å². The van der Waals surface area contributed by atoms with Gasteiger partial charge in [0.15, 0.2) is 0 Å². The second kappa shape index (κ2) is 12.6. The van der Waals surface area contributed by atoms with E-state index in [9.17, 15) is 4.79 Å². The van der Waals surface area contributed by atoms with Gasteiger partial charge in [-0.15, -0.1) is 0 Å². The molecule has 196 valence electrons. The van der Waals surface area contributed by atoms with Crippen LogP contribution in [0.5, 0.6) is 0 Å². The molecule has 3 fully saturated rings. The average Bonchev–Trinajstić information content (AvgIpc) is 2.91. The molecule has 4 nitrogen and oxygen atoms in total. The van der Waals surface area contributed by atoms with E-state index in [1.54, 1.807) is 0 Å². The van der Waals surface area contributed by atoms with E-state index in [0.717, 1.165) is 43.3 Å². The molecule has 1 aromatic rings. The van der Waals surface area contributed by atoms with E-state index < -0.39 is 0 Å². The number of carbonyl (C=O) groups is 1. The maximum absolute atomic E-state index is 12.6. The normalized spacial score (nSPS) is 23.2. The molecule has 4 heteroatoms. The number of amides is 1. The fourth-order valence-electron chi connectivity index (χ4n) is 6.87. The lowest BCUT2D eigenvalue weighted by atomic mass is 9.70. The average molecular weight is 482 g/mol. The van der Waals surface area contributed by atoms with Gasteiger partial charge in [-0.2, -0.15) is 0 Å². The summed E-state index contributed by atoms with van der Waals surface area (Å²) in [5, 5.41) is 3.24. The molecule has 0 bridgehead atoms. The third-order valence-corrected chi connectivity index (χ3v) is 9.71. The summed E-state index contributed by atoms with van der Waals surface area (Å²) in [7, 11) is 0. The number of nitrogens with zero attached hydrogens (tertiary/aromatic N) is 2. The van der Waals surface area contributed by atoms with Crippen LogP contribution in [-0.4, -0.2) is 49.6 Å². The van der Waals surface area contributed by atoms with Crippen molar-refractivity contribution in [3.63, 3.8) is 0 Å². The van der Waals surface area contributed by atoms with Gasteiger partial charge in [-0.25, -0.2) is 0 Å². The summed E-state index contributed by atoms with van der Waals surface area (Å²) in [5.74, 6) is 1.79. The maximum atomic E-state index is 12.6. The van der Waals surface area contributed by atoms with E-state index in [4.69, 9.17) is 0 Å². The summed E-state index contributed by atoms with van der Waals surface area (Å²) in [6.45, 7) is 13.4. The monoisotopic (exact) mass is 481 g/mol. The zero-order chi connectivity index (χ0) is 24.7. The molecular weight excluding hydrogens is 430 g/mol. The molecule has 1 unspecified atom stereocenters. The Morgan fingerprint density at radius 3 is 2.23 bits per heavy atom. The lowest BCUT2D eigenvalue weighted by Gasteiger charge is -2.44. The fraction of sp³-hybridized carbons (Fsp3) is 0.774. The van der Waals surface area contributed by atoms with Crippen LogP contribution in [0.4, 0.5) is 5.69 Å². The largest absolute Gasteiger partial charge is 0.372 e. The van der Waals surface area contributed by atoms with Gasteiger partial charge in [0.2, 0.25) is 0 Å². The van der Waals surface area contributed by atoms with Gasteiger partial charge in [0.05, 0.1) is 0 Å². The van der Waals surface area contributed by atoms with Crippen LogP contribution in [0.1, 0.15) is 108 Å². The Kier molecular flexibility index (Phi) is 9.55. The van der Waals surface area contributed by atoms with Gasteiger partial charge in [0.25, 0.3) is 5.91 Å². The summed E-state index contributed by atoms with van der Waals surface area (Å²) >= 11 is 0. The minimum Gasteiger partial charge on any atom is -0.372 e. The summed E-state index contributed by atoms with van der Waals surface area (Å²) < 4.78 is 0. The minimum atomic E-state index is 0.0972. The predicted molar refractivity (Wildman–Crippen MR) is 148 cm³/mol. The number of hydrogen-bond donors (Lipinski definition) is 1. The van der Waals surface area contributed by atoms with E-state index in [1.165, 1.54) is 89.5 Å². The number of nitrogens with one attached hydrogen (secondary N) is 1. The molecule has 1 amide bonds. The van der Waals surface area contributed by atoms with Gasteiger partial charge < -0.3 is 15.1 Å². The van der Waals surface area contributed by atoms with Gasteiger partial charge in [-0.05, 0) is 99.6 Å². The van der Waals surface area contributed by atoms with Crippen LogP contribution in [-0.2, 0) is 0 Å². The van der Waals surface area contributed by atoms with Crippen molar-refractivity contribution in [3.05, 3.63) is 29.8 Å². The molecule has 1 atom stereocenters. The number of benzene rings is 1. The van der Waals surface area contributed by atoms with E-state index in [0.29, 0.717) is 11.5 Å².